The summed E-state index contributed by atoms with van der Waals surface area (Å²) in [6.07, 6.45) is 0. The van der Waals surface area contributed by atoms with Crippen LogP contribution in [0.25, 0.3) is 11.0 Å². The quantitative estimate of drug-likeness (QED) is 0.395. The SMILES string of the molecule is CCn1nc(C)c2c1c(=O)n(Cc1ccc(F)cc1)c(=O)n2CC(=O)Nc1ccccc1C(=O)OC. The molecule has 0 aliphatic rings. The maximum absolute atomic E-state index is 13.5. The van der Waals surface area contributed by atoms with Crippen molar-refractivity contribution in [3.05, 3.63) is 92.0 Å². The Kier molecular flexibility index (Phi) is 6.82. The number of halogens is 1. The maximum Gasteiger partial charge on any atom is 0.339 e. The van der Waals surface area contributed by atoms with Crippen LogP contribution in [0.15, 0.2) is 58.1 Å². The third-order valence-corrected chi connectivity index (χ3v) is 5.74. The van der Waals surface area contributed by atoms with E-state index in [2.05, 4.69) is 10.4 Å². The summed E-state index contributed by atoms with van der Waals surface area (Å²) in [5.74, 6) is -1.66. The molecule has 0 saturated heterocycles. The largest absolute Gasteiger partial charge is 0.465 e. The molecule has 0 spiro atoms. The van der Waals surface area contributed by atoms with Crippen LogP contribution in [0.2, 0.25) is 0 Å². The number of carbonyl (C=O) groups excluding carboxylic acids is 2. The van der Waals surface area contributed by atoms with Crippen molar-refractivity contribution in [2.24, 2.45) is 0 Å². The van der Waals surface area contributed by atoms with Crippen molar-refractivity contribution in [2.75, 3.05) is 12.4 Å². The average Bonchev–Trinajstić information content (AvgIpc) is 3.21. The van der Waals surface area contributed by atoms with Gasteiger partial charge in [0.15, 0.2) is 5.52 Å². The van der Waals surface area contributed by atoms with Gasteiger partial charge in [0, 0.05) is 6.54 Å². The molecule has 4 aromatic rings. The van der Waals surface area contributed by atoms with Gasteiger partial charge in [0.25, 0.3) is 5.56 Å². The minimum absolute atomic E-state index is 0.116. The van der Waals surface area contributed by atoms with Crippen molar-refractivity contribution >= 4 is 28.6 Å². The Labute approximate surface area is 204 Å². The topological polar surface area (TPSA) is 117 Å². The second-order valence-corrected chi connectivity index (χ2v) is 8.07. The first-order chi connectivity index (χ1) is 17.2. The number of ether oxygens (including phenoxy) is 1. The monoisotopic (exact) mass is 493 g/mol. The van der Waals surface area contributed by atoms with Crippen LogP contribution in [0.4, 0.5) is 10.1 Å². The van der Waals surface area contributed by atoms with E-state index in [1.807, 2.05) is 6.92 Å². The van der Waals surface area contributed by atoms with Crippen molar-refractivity contribution in [1.29, 1.82) is 0 Å². The number of nitrogens with one attached hydrogen (secondary N) is 1. The predicted octanol–water partition coefficient (Wildman–Crippen LogP) is 2.30. The van der Waals surface area contributed by atoms with E-state index in [0.717, 1.165) is 4.57 Å². The lowest BCUT2D eigenvalue weighted by Gasteiger charge is -2.14. The summed E-state index contributed by atoms with van der Waals surface area (Å²) in [4.78, 5) is 52.0. The standard InChI is InChI=1S/C25H24FN5O5/c1-4-31-22-21(15(2)28-31)29(14-20(32)27-19-8-6-5-7-18(19)24(34)36-3)25(35)30(23(22)33)13-16-9-11-17(26)12-10-16/h5-12H,4,13-14H2,1-3H3,(H,27,32). The zero-order valence-electron chi connectivity index (χ0n) is 19.9. The van der Waals surface area contributed by atoms with Gasteiger partial charge in [-0.15, -0.1) is 0 Å². The molecule has 0 atom stereocenters. The highest BCUT2D eigenvalue weighted by atomic mass is 19.1. The lowest BCUT2D eigenvalue weighted by Crippen LogP contribution is -2.42. The molecule has 0 radical (unpaired) electrons. The zero-order chi connectivity index (χ0) is 26.0. The molecule has 0 saturated carbocycles. The summed E-state index contributed by atoms with van der Waals surface area (Å²) >= 11 is 0. The molecular weight excluding hydrogens is 469 g/mol. The summed E-state index contributed by atoms with van der Waals surface area (Å²) in [5, 5.41) is 7.01. The minimum Gasteiger partial charge on any atom is -0.465 e. The fourth-order valence-corrected chi connectivity index (χ4v) is 4.06. The lowest BCUT2D eigenvalue weighted by molar-refractivity contribution is -0.116. The first-order valence-electron chi connectivity index (χ1n) is 11.2. The van der Waals surface area contributed by atoms with E-state index in [9.17, 15) is 23.6 Å². The van der Waals surface area contributed by atoms with Gasteiger partial charge in [0.1, 0.15) is 17.9 Å². The van der Waals surface area contributed by atoms with Crippen molar-refractivity contribution in [3.63, 3.8) is 0 Å². The Bertz CT molecular complexity index is 1580. The van der Waals surface area contributed by atoms with E-state index in [4.69, 9.17) is 4.74 Å². The van der Waals surface area contributed by atoms with Crippen molar-refractivity contribution in [2.45, 2.75) is 33.5 Å². The molecule has 4 rings (SSSR count). The number of anilines is 1. The van der Waals surface area contributed by atoms with Gasteiger partial charge in [-0.2, -0.15) is 5.10 Å². The number of methoxy groups -OCH3 is 1. The molecule has 0 unspecified atom stereocenters. The number of hydrogen-bond donors (Lipinski definition) is 1. The van der Waals surface area contributed by atoms with Crippen LogP contribution >= 0.6 is 0 Å². The Hall–Kier alpha value is -4.54. The number of rotatable bonds is 7. The van der Waals surface area contributed by atoms with E-state index in [0.29, 0.717) is 17.8 Å². The van der Waals surface area contributed by atoms with Crippen LogP contribution in [-0.2, 0) is 29.2 Å². The van der Waals surface area contributed by atoms with Crippen LogP contribution in [0, 0.1) is 12.7 Å². The Morgan fingerprint density at radius 3 is 2.39 bits per heavy atom. The van der Waals surface area contributed by atoms with Gasteiger partial charge in [-0.1, -0.05) is 24.3 Å². The van der Waals surface area contributed by atoms with Crippen LogP contribution in [0.5, 0.6) is 0 Å². The predicted molar refractivity (Wildman–Crippen MR) is 131 cm³/mol. The molecule has 1 amide bonds. The third kappa shape index (κ3) is 4.54. The van der Waals surface area contributed by atoms with Gasteiger partial charge in [-0.3, -0.25) is 23.4 Å². The zero-order valence-corrected chi connectivity index (χ0v) is 19.9. The number of aryl methyl sites for hydroxylation is 2. The van der Waals surface area contributed by atoms with Crippen LogP contribution < -0.4 is 16.6 Å². The number of hydrogen-bond acceptors (Lipinski definition) is 6. The van der Waals surface area contributed by atoms with Gasteiger partial charge in [0.2, 0.25) is 5.91 Å². The molecule has 2 heterocycles. The van der Waals surface area contributed by atoms with Crippen molar-refractivity contribution < 1.29 is 18.7 Å². The second kappa shape index (κ2) is 9.98. The fourth-order valence-electron chi connectivity index (χ4n) is 4.06. The average molecular weight is 493 g/mol. The van der Waals surface area contributed by atoms with Gasteiger partial charge in [-0.25, -0.2) is 14.0 Å². The smallest absolute Gasteiger partial charge is 0.339 e. The number of amides is 1. The summed E-state index contributed by atoms with van der Waals surface area (Å²) in [5.41, 5.74) is 0.482. The maximum atomic E-state index is 13.5. The molecule has 11 heteroatoms. The summed E-state index contributed by atoms with van der Waals surface area (Å²) in [7, 11) is 1.23. The lowest BCUT2D eigenvalue weighted by atomic mass is 10.2. The molecule has 36 heavy (non-hydrogen) atoms. The van der Waals surface area contributed by atoms with E-state index in [1.54, 1.807) is 25.1 Å². The number of benzene rings is 2. The summed E-state index contributed by atoms with van der Waals surface area (Å²) < 4.78 is 21.8. The summed E-state index contributed by atoms with van der Waals surface area (Å²) in [6, 6.07) is 11.8. The number of esters is 1. The van der Waals surface area contributed by atoms with Crippen molar-refractivity contribution in [3.8, 4) is 0 Å². The molecule has 2 aromatic carbocycles. The molecule has 0 aliphatic heterocycles. The number of nitrogens with zero attached hydrogens (tertiary/aromatic N) is 4. The van der Waals surface area contributed by atoms with E-state index < -0.39 is 35.5 Å². The highest BCUT2D eigenvalue weighted by molar-refractivity contribution is 6.01. The van der Waals surface area contributed by atoms with Gasteiger partial charge >= 0.3 is 11.7 Å². The van der Waals surface area contributed by atoms with Gasteiger partial charge in [-0.05, 0) is 43.7 Å². The molecule has 0 bridgehead atoms. The third-order valence-electron chi connectivity index (χ3n) is 5.74. The van der Waals surface area contributed by atoms with Crippen LogP contribution in [0.3, 0.4) is 0 Å². The summed E-state index contributed by atoms with van der Waals surface area (Å²) in [6.45, 7) is 3.27. The van der Waals surface area contributed by atoms with Crippen LogP contribution in [0.1, 0.15) is 28.5 Å². The fraction of sp³-hybridized carbons (Fsp3) is 0.240. The number of para-hydroxylation sites is 1. The Morgan fingerprint density at radius 1 is 1.03 bits per heavy atom. The Morgan fingerprint density at radius 2 is 1.72 bits per heavy atom. The molecule has 1 N–H and O–H groups in total. The first-order valence-corrected chi connectivity index (χ1v) is 11.2. The molecule has 2 aromatic heterocycles. The van der Waals surface area contributed by atoms with E-state index >= 15 is 0 Å². The van der Waals surface area contributed by atoms with E-state index in [-0.39, 0.29) is 28.8 Å². The van der Waals surface area contributed by atoms with Crippen molar-refractivity contribution in [1.82, 2.24) is 18.9 Å². The Balaban J connectivity index is 1.80. The minimum atomic E-state index is -0.716. The normalized spacial score (nSPS) is 11.0. The highest BCUT2D eigenvalue weighted by Crippen LogP contribution is 2.17. The number of carbonyl (C=O) groups is 2. The van der Waals surface area contributed by atoms with Crippen LogP contribution in [-0.4, -0.2) is 37.9 Å². The molecular formula is C25H24FN5O5. The molecule has 10 nitrogen and oxygen atoms in total. The second-order valence-electron chi connectivity index (χ2n) is 8.07. The van der Waals surface area contributed by atoms with E-state index in [1.165, 1.54) is 46.7 Å². The number of aromatic nitrogens is 4. The first kappa shape index (κ1) is 24.6. The molecule has 186 valence electrons. The van der Waals surface area contributed by atoms with Gasteiger partial charge in [0.05, 0.1) is 30.6 Å². The van der Waals surface area contributed by atoms with Gasteiger partial charge < -0.3 is 10.1 Å². The molecule has 0 aliphatic carbocycles. The highest BCUT2D eigenvalue weighted by Gasteiger charge is 2.22. The molecule has 0 fully saturated rings. The number of fused-ring (bicyclic) bond motifs is 1.